The SMILES string of the molecule is Cc1ccc(-c2c3cc(C4=CC(C)CC=C4)ccc3c(-c3ccc(-c4ccccc4)cc3)c3c(-c4ccc(C)cc4)c4cc(-c5ccccc5)ccc4c(-c4ccc(-c5ccccc5)cc4)c23)cc1. The van der Waals surface area contributed by atoms with E-state index in [2.05, 4.69) is 263 Å². The van der Waals surface area contributed by atoms with Crippen LogP contribution < -0.4 is 0 Å². The molecule has 1 aliphatic rings. The highest BCUT2D eigenvalue weighted by atomic mass is 14.3. The summed E-state index contributed by atoms with van der Waals surface area (Å²) >= 11 is 0. The van der Waals surface area contributed by atoms with Crippen LogP contribution in [0.3, 0.4) is 0 Å². The smallest absolute Gasteiger partial charge is 0.000139 e. The van der Waals surface area contributed by atoms with Crippen molar-refractivity contribution in [3.8, 4) is 77.9 Å². The third kappa shape index (κ3) is 7.79. The van der Waals surface area contributed by atoms with Crippen molar-refractivity contribution in [2.24, 2.45) is 5.92 Å². The van der Waals surface area contributed by atoms with Crippen LogP contribution in [0.15, 0.2) is 243 Å². The van der Waals surface area contributed by atoms with Gasteiger partial charge in [-0.1, -0.05) is 249 Å². The molecule has 1 aliphatic carbocycles. The first-order valence-corrected chi connectivity index (χ1v) is 24.4. The second-order valence-corrected chi connectivity index (χ2v) is 19.0. The van der Waals surface area contributed by atoms with E-state index in [1.165, 1.54) is 132 Å². The summed E-state index contributed by atoms with van der Waals surface area (Å²) in [6.45, 7) is 6.70. The van der Waals surface area contributed by atoms with E-state index in [1.807, 2.05) is 0 Å². The lowest BCUT2D eigenvalue weighted by Crippen LogP contribution is -1.99. The van der Waals surface area contributed by atoms with Crippen molar-refractivity contribution >= 4 is 37.9 Å². The van der Waals surface area contributed by atoms with Crippen molar-refractivity contribution in [2.75, 3.05) is 0 Å². The summed E-state index contributed by atoms with van der Waals surface area (Å²) in [6, 6.07) is 84.0. The third-order valence-electron chi connectivity index (χ3n) is 14.3. The Bertz CT molecular complexity index is 3740. The van der Waals surface area contributed by atoms with E-state index in [0.717, 1.165) is 6.42 Å². The lowest BCUT2D eigenvalue weighted by molar-refractivity contribution is 0.740. The van der Waals surface area contributed by atoms with Gasteiger partial charge in [0.2, 0.25) is 0 Å². The Labute approximate surface area is 406 Å². The second-order valence-electron chi connectivity index (χ2n) is 19.0. The summed E-state index contributed by atoms with van der Waals surface area (Å²) in [5.41, 5.74) is 22.0. The van der Waals surface area contributed by atoms with Gasteiger partial charge >= 0.3 is 0 Å². The number of hydrogen-bond donors (Lipinski definition) is 0. The zero-order chi connectivity index (χ0) is 46.4. The molecule has 0 radical (unpaired) electrons. The molecule has 0 aromatic heterocycles. The predicted octanol–water partition coefficient (Wildman–Crippen LogP) is 19.4. The molecule has 0 spiro atoms. The summed E-state index contributed by atoms with van der Waals surface area (Å²) in [6.07, 6.45) is 8.17. The van der Waals surface area contributed by atoms with E-state index in [-0.39, 0.29) is 0 Å². The fourth-order valence-electron chi connectivity index (χ4n) is 10.8. The van der Waals surface area contributed by atoms with Gasteiger partial charge in [-0.2, -0.15) is 0 Å². The minimum atomic E-state index is 0.474. The van der Waals surface area contributed by atoms with Gasteiger partial charge in [-0.25, -0.2) is 0 Å². The Kier molecular flexibility index (Phi) is 10.8. The van der Waals surface area contributed by atoms with Gasteiger partial charge < -0.3 is 0 Å². The predicted molar refractivity (Wildman–Crippen MR) is 297 cm³/mol. The Morgan fingerprint density at radius 1 is 0.304 bits per heavy atom. The topological polar surface area (TPSA) is 0 Å². The standard InChI is InChI=1S/C69H52/c1-45-22-26-53(27-23-45)66-62-43-58(50-19-11-6-12-20-50)38-40-60(62)64(55-34-30-51(31-35-55)48-15-7-4-8-16-48)69-67(54-28-24-46(2)25-29-54)63-44-59(57-21-13-14-47(3)42-57)39-41-61(63)65(68(66)69)56-36-32-52(33-37-56)49-17-9-5-10-18-49/h4-13,15-44,47H,14H2,1-3H3. The molecule has 0 bridgehead atoms. The molecular weight excluding hydrogens is 829 g/mol. The summed E-state index contributed by atoms with van der Waals surface area (Å²) in [5, 5.41) is 7.46. The van der Waals surface area contributed by atoms with E-state index >= 15 is 0 Å². The van der Waals surface area contributed by atoms with E-state index < -0.39 is 0 Å². The number of aryl methyl sites for hydroxylation is 2. The molecule has 11 aromatic rings. The maximum Gasteiger partial charge on any atom is -0.000139 e. The van der Waals surface area contributed by atoms with E-state index in [9.17, 15) is 0 Å². The average molecular weight is 881 g/mol. The highest BCUT2D eigenvalue weighted by Crippen LogP contribution is 2.54. The zero-order valence-electron chi connectivity index (χ0n) is 39.4. The maximum absolute atomic E-state index is 2.50. The number of fused-ring (bicyclic) bond motifs is 3. The van der Waals surface area contributed by atoms with Gasteiger partial charge in [-0.15, -0.1) is 0 Å². The molecule has 0 amide bonds. The van der Waals surface area contributed by atoms with Gasteiger partial charge in [0.05, 0.1) is 0 Å². The molecule has 0 saturated heterocycles. The highest BCUT2D eigenvalue weighted by molar-refractivity contribution is 6.34. The van der Waals surface area contributed by atoms with Crippen LogP contribution in [-0.4, -0.2) is 0 Å². The van der Waals surface area contributed by atoms with Gasteiger partial charge in [0, 0.05) is 0 Å². The number of allylic oxidation sites excluding steroid dienone is 4. The monoisotopic (exact) mass is 880 g/mol. The molecule has 0 fully saturated rings. The van der Waals surface area contributed by atoms with Crippen molar-refractivity contribution in [2.45, 2.75) is 27.2 Å². The minimum absolute atomic E-state index is 0.474. The van der Waals surface area contributed by atoms with Crippen molar-refractivity contribution in [3.63, 3.8) is 0 Å². The number of rotatable bonds is 8. The van der Waals surface area contributed by atoms with E-state index in [1.54, 1.807) is 0 Å². The molecule has 69 heavy (non-hydrogen) atoms. The van der Waals surface area contributed by atoms with Crippen molar-refractivity contribution in [3.05, 3.63) is 259 Å². The third-order valence-corrected chi connectivity index (χ3v) is 14.3. The number of benzene rings is 11. The van der Waals surface area contributed by atoms with Crippen LogP contribution in [0.4, 0.5) is 0 Å². The van der Waals surface area contributed by atoms with Crippen LogP contribution in [0.5, 0.6) is 0 Å². The lowest BCUT2D eigenvalue weighted by atomic mass is 9.76. The molecule has 0 aliphatic heterocycles. The van der Waals surface area contributed by atoms with Gasteiger partial charge in [0.25, 0.3) is 0 Å². The fraction of sp³-hybridized carbons (Fsp3) is 0.0725. The van der Waals surface area contributed by atoms with Gasteiger partial charge in [-0.3, -0.25) is 0 Å². The van der Waals surface area contributed by atoms with Crippen LogP contribution in [0.1, 0.15) is 30.0 Å². The van der Waals surface area contributed by atoms with Crippen molar-refractivity contribution in [1.82, 2.24) is 0 Å². The van der Waals surface area contributed by atoms with E-state index in [0.29, 0.717) is 5.92 Å². The van der Waals surface area contributed by atoms with Crippen LogP contribution in [0.25, 0.3) is 116 Å². The first-order valence-electron chi connectivity index (χ1n) is 24.4. The summed E-state index contributed by atoms with van der Waals surface area (Å²) in [4.78, 5) is 0. The summed E-state index contributed by atoms with van der Waals surface area (Å²) in [5.74, 6) is 0.474. The van der Waals surface area contributed by atoms with E-state index in [4.69, 9.17) is 0 Å². The molecule has 1 unspecified atom stereocenters. The molecule has 11 aromatic carbocycles. The molecule has 328 valence electrons. The zero-order valence-corrected chi connectivity index (χ0v) is 39.4. The molecule has 1 atom stereocenters. The Morgan fingerprint density at radius 3 is 1.04 bits per heavy atom. The van der Waals surface area contributed by atoms with Crippen molar-refractivity contribution < 1.29 is 0 Å². The molecular formula is C69H52. The van der Waals surface area contributed by atoms with Gasteiger partial charge in [0.1, 0.15) is 0 Å². The van der Waals surface area contributed by atoms with Crippen LogP contribution in [-0.2, 0) is 0 Å². The van der Waals surface area contributed by atoms with Gasteiger partial charge in [-0.05, 0) is 160 Å². The van der Waals surface area contributed by atoms with Gasteiger partial charge in [0.15, 0.2) is 0 Å². The Balaban J connectivity index is 1.31. The molecule has 0 heterocycles. The normalized spacial score (nSPS) is 13.6. The lowest BCUT2D eigenvalue weighted by Gasteiger charge is -2.26. The fourth-order valence-corrected chi connectivity index (χ4v) is 10.8. The molecule has 0 saturated carbocycles. The minimum Gasteiger partial charge on any atom is -0.0834 e. The van der Waals surface area contributed by atoms with Crippen LogP contribution in [0.2, 0.25) is 0 Å². The van der Waals surface area contributed by atoms with Crippen LogP contribution >= 0.6 is 0 Å². The highest BCUT2D eigenvalue weighted by Gasteiger charge is 2.27. The van der Waals surface area contributed by atoms with Crippen LogP contribution in [0, 0.1) is 19.8 Å². The molecule has 12 rings (SSSR count). The average Bonchev–Trinajstić information content (AvgIpc) is 3.41. The summed E-state index contributed by atoms with van der Waals surface area (Å²) in [7, 11) is 0. The van der Waals surface area contributed by atoms with Crippen molar-refractivity contribution in [1.29, 1.82) is 0 Å². The Hall–Kier alpha value is -8.32. The molecule has 0 heteroatoms. The first kappa shape index (κ1) is 42.1. The molecule has 0 N–H and O–H groups in total. The largest absolute Gasteiger partial charge is 0.0834 e. The molecule has 0 nitrogen and oxygen atoms in total. The number of hydrogen-bond acceptors (Lipinski definition) is 0. The second kappa shape index (κ2) is 17.7. The Morgan fingerprint density at radius 2 is 0.623 bits per heavy atom. The first-order chi connectivity index (χ1) is 33.9. The maximum atomic E-state index is 2.50. The summed E-state index contributed by atoms with van der Waals surface area (Å²) < 4.78 is 0. The quantitative estimate of drug-likeness (QED) is 0.133.